The van der Waals surface area contributed by atoms with Gasteiger partial charge in [0, 0.05) is 56.5 Å². The largest absolute Gasteiger partial charge is 0.459 e. The van der Waals surface area contributed by atoms with Gasteiger partial charge < -0.3 is 20.7 Å². The van der Waals surface area contributed by atoms with E-state index in [1.54, 1.807) is 28.7 Å². The van der Waals surface area contributed by atoms with Gasteiger partial charge in [-0.3, -0.25) is 14.4 Å². The first-order valence-corrected chi connectivity index (χ1v) is 19.3. The Hall–Kier alpha value is -1.54. The van der Waals surface area contributed by atoms with E-state index in [1.165, 1.54) is 23.0 Å². The van der Waals surface area contributed by atoms with Crippen LogP contribution in [0.4, 0.5) is 0 Å². The molecule has 0 unspecified atom stereocenters. The number of hydrogen-bond acceptors (Lipinski definition) is 7. The third-order valence-electron chi connectivity index (χ3n) is 6.24. The van der Waals surface area contributed by atoms with Crippen molar-refractivity contribution in [1.29, 1.82) is 0 Å². The monoisotopic (exact) mass is 778 g/mol. The van der Waals surface area contributed by atoms with Gasteiger partial charge >= 0.3 is 23.0 Å². The molecule has 0 aromatic carbocycles. The van der Waals surface area contributed by atoms with Crippen LogP contribution < -0.4 is 39.0 Å². The number of ether oxygens (including phenoxy) is 1. The van der Waals surface area contributed by atoms with Crippen molar-refractivity contribution in [2.45, 2.75) is 84.7 Å². The zero-order valence-electron chi connectivity index (χ0n) is 27.7. The van der Waals surface area contributed by atoms with E-state index < -0.39 is 11.5 Å². The number of halogens is 1. The lowest BCUT2D eigenvalue weighted by molar-refractivity contribution is -0.702. The molecule has 256 valence electrons. The molecule has 0 aromatic rings. The lowest BCUT2D eigenvalue weighted by Crippen LogP contribution is -3.35. The molecule has 0 heterocycles. The summed E-state index contributed by atoms with van der Waals surface area (Å²) in [7, 11) is 4.92. The maximum atomic E-state index is 12.4. The fraction of sp³-hybridized carbons (Fsp3) is 0.618. The van der Waals surface area contributed by atoms with Crippen LogP contribution in [0.2, 0.25) is 0 Å². The summed E-state index contributed by atoms with van der Waals surface area (Å²) in [4.78, 5) is 36.5. The molecule has 3 N–H and O–H groups in total. The van der Waals surface area contributed by atoms with E-state index in [4.69, 9.17) is 7.80 Å². The fourth-order valence-corrected chi connectivity index (χ4v) is 6.68. The SMILES string of the molecule is CC/C=C\C/C=C\C/C=C\C/C=C\C/C=C\CCCC(=O)NCCSSCCNC(=O)CCNC(=O)[C@H](O[IH+])C(C)(C)COC. The first-order valence-electron chi connectivity index (χ1n) is 15.9. The smallest absolute Gasteiger partial charge is 0.384 e. The Morgan fingerprint density at radius 3 is 1.71 bits per heavy atom. The lowest BCUT2D eigenvalue weighted by Gasteiger charge is -2.27. The number of carbonyl (C=O) groups excluding carboxylic acids is 3. The molecule has 0 aliphatic carbocycles. The maximum absolute atomic E-state index is 12.4. The van der Waals surface area contributed by atoms with Crippen LogP contribution in [0.5, 0.6) is 0 Å². The number of rotatable bonds is 28. The van der Waals surface area contributed by atoms with Crippen LogP contribution in [0.15, 0.2) is 60.8 Å². The molecule has 0 saturated carbocycles. The second-order valence-corrected chi connectivity index (χ2v) is 14.1. The fourth-order valence-electron chi connectivity index (χ4n) is 3.88. The van der Waals surface area contributed by atoms with Crippen molar-refractivity contribution in [2.24, 2.45) is 5.41 Å². The number of nitrogens with one attached hydrogen (secondary N) is 3. The molecule has 0 aromatic heterocycles. The van der Waals surface area contributed by atoms with E-state index in [0.29, 0.717) is 26.1 Å². The zero-order chi connectivity index (χ0) is 33.4. The molecule has 1 atom stereocenters. The molecule has 0 rings (SSSR count). The van der Waals surface area contributed by atoms with Crippen LogP contribution in [-0.2, 0) is 22.2 Å². The number of hydrogen-bond donors (Lipinski definition) is 3. The van der Waals surface area contributed by atoms with Crippen molar-refractivity contribution in [3.8, 4) is 0 Å². The highest BCUT2D eigenvalue weighted by Crippen LogP contribution is 2.22. The van der Waals surface area contributed by atoms with Gasteiger partial charge in [-0.1, -0.05) is 103 Å². The summed E-state index contributed by atoms with van der Waals surface area (Å²) in [6.45, 7) is 7.76. The normalized spacial score (nSPS) is 13.1. The van der Waals surface area contributed by atoms with Gasteiger partial charge in [-0.05, 0) is 44.9 Å². The second kappa shape index (κ2) is 31.1. The van der Waals surface area contributed by atoms with Crippen molar-refractivity contribution >= 4 is 39.3 Å². The third-order valence-corrected chi connectivity index (χ3v) is 9.20. The van der Waals surface area contributed by atoms with Gasteiger partial charge in [0.1, 0.15) is 0 Å². The summed E-state index contributed by atoms with van der Waals surface area (Å²) in [6.07, 6.45) is 28.7. The van der Waals surface area contributed by atoms with Crippen molar-refractivity contribution in [1.82, 2.24) is 16.0 Å². The average Bonchev–Trinajstić information content (AvgIpc) is 3.00. The molecule has 0 aliphatic rings. The van der Waals surface area contributed by atoms with E-state index in [1.807, 2.05) is 13.8 Å². The van der Waals surface area contributed by atoms with E-state index >= 15 is 0 Å². The topological polar surface area (TPSA) is 106 Å². The maximum Gasteiger partial charge on any atom is 0.459 e. The highest BCUT2D eigenvalue weighted by molar-refractivity contribution is 8.76. The number of unbranched alkanes of at least 4 members (excludes halogenated alkanes) is 1. The predicted octanol–water partition coefficient (Wildman–Crippen LogP) is 3.29. The summed E-state index contributed by atoms with van der Waals surface area (Å²) in [5.41, 5.74) is -0.479. The standard InChI is InChI=1S/C34H56IN3O5S2/c1-5-6-7-8-9-10-11-12-13-14-15-16-17-18-19-20-21-22-30(39)36-25-27-44-45-28-26-37-31(40)23-24-38-33(41)32(43-35)34(2,3)29-42-4/h6-7,9-10,12-13,15-16,18-19,32,35H,5,8,11,14,17,20-29H2,1-4H3,(H2-,36,37,38,39,40,41)/p+1/b7-6-,10-9-,13-12-,16-15-,19-18-/t32-/m0/s1. The average molecular weight is 779 g/mol. The summed E-state index contributed by atoms with van der Waals surface area (Å²) in [5, 5.41) is 8.60. The Labute approximate surface area is 294 Å². The van der Waals surface area contributed by atoms with Crippen LogP contribution in [0.3, 0.4) is 0 Å². The molecular formula is C34H57IN3O5S2+. The Bertz CT molecular complexity index is 939. The van der Waals surface area contributed by atoms with Crippen LogP contribution in [0.1, 0.15) is 78.6 Å². The van der Waals surface area contributed by atoms with Gasteiger partial charge in [0.2, 0.25) is 11.8 Å². The molecule has 3 amide bonds. The molecule has 0 radical (unpaired) electrons. The van der Waals surface area contributed by atoms with Gasteiger partial charge in [0.25, 0.3) is 5.91 Å². The van der Waals surface area contributed by atoms with E-state index in [-0.39, 0.29) is 30.7 Å². The van der Waals surface area contributed by atoms with Crippen LogP contribution in [0.25, 0.3) is 0 Å². The first-order chi connectivity index (χ1) is 21.8. The van der Waals surface area contributed by atoms with Crippen LogP contribution in [-0.4, -0.2) is 68.7 Å². The molecule has 8 nitrogen and oxygen atoms in total. The van der Waals surface area contributed by atoms with Gasteiger partial charge in [0.05, 0.1) is 6.61 Å². The van der Waals surface area contributed by atoms with Crippen LogP contribution >= 0.6 is 21.6 Å². The Kier molecular flexibility index (Phi) is 30.0. The highest BCUT2D eigenvalue weighted by atomic mass is 127. The highest BCUT2D eigenvalue weighted by Gasteiger charge is 2.39. The molecule has 0 aliphatic heterocycles. The van der Waals surface area contributed by atoms with Gasteiger partial charge in [-0.25, -0.2) is 0 Å². The Morgan fingerprint density at radius 2 is 1.22 bits per heavy atom. The van der Waals surface area contributed by atoms with Gasteiger partial charge in [-0.2, -0.15) is 0 Å². The van der Waals surface area contributed by atoms with E-state index in [9.17, 15) is 14.4 Å². The minimum atomic E-state index is -0.655. The molecule has 0 fully saturated rings. The van der Waals surface area contributed by atoms with E-state index in [0.717, 1.165) is 56.5 Å². The lowest BCUT2D eigenvalue weighted by atomic mass is 9.87. The molecule has 11 heteroatoms. The molecule has 0 saturated heterocycles. The quantitative estimate of drug-likeness (QED) is 0.0485. The van der Waals surface area contributed by atoms with Crippen molar-refractivity contribution in [2.75, 3.05) is 44.9 Å². The summed E-state index contributed by atoms with van der Waals surface area (Å²) < 4.78 is 10.5. The minimum absolute atomic E-state index is 0.0894. The third kappa shape index (κ3) is 27.3. The summed E-state index contributed by atoms with van der Waals surface area (Å²) in [5.74, 6) is 1.31. The number of amides is 3. The summed E-state index contributed by atoms with van der Waals surface area (Å²) >= 11 is 1.42. The Morgan fingerprint density at radius 1 is 0.733 bits per heavy atom. The second-order valence-electron chi connectivity index (χ2n) is 10.9. The van der Waals surface area contributed by atoms with Crippen molar-refractivity contribution in [3.63, 3.8) is 0 Å². The molecule has 45 heavy (non-hydrogen) atoms. The van der Waals surface area contributed by atoms with Crippen molar-refractivity contribution in [3.05, 3.63) is 60.8 Å². The molecular weight excluding hydrogens is 721 g/mol. The number of methoxy groups -OCH3 is 1. The number of carbonyl (C=O) groups is 3. The first kappa shape index (κ1) is 43.5. The van der Waals surface area contributed by atoms with Crippen LogP contribution in [0, 0.1) is 5.41 Å². The predicted molar refractivity (Wildman–Crippen MR) is 189 cm³/mol. The van der Waals surface area contributed by atoms with E-state index in [2.05, 4.69) is 83.6 Å². The Balaban J connectivity index is 3.67. The zero-order valence-corrected chi connectivity index (χ0v) is 31.7. The summed E-state index contributed by atoms with van der Waals surface area (Å²) in [6, 6.07) is 0. The minimum Gasteiger partial charge on any atom is -0.384 e. The van der Waals surface area contributed by atoms with Crippen molar-refractivity contribution < 1.29 is 45.2 Å². The van der Waals surface area contributed by atoms with Gasteiger partial charge in [0.15, 0.2) is 6.10 Å². The molecule has 0 bridgehead atoms. The molecule has 0 spiro atoms. The number of allylic oxidation sites excluding steroid dienone is 10. The van der Waals surface area contributed by atoms with Gasteiger partial charge in [-0.15, -0.1) is 3.07 Å².